The summed E-state index contributed by atoms with van der Waals surface area (Å²) in [6.07, 6.45) is -2.00. The van der Waals surface area contributed by atoms with Gasteiger partial charge in [0.25, 0.3) is 0 Å². The fraction of sp³-hybridized carbons (Fsp3) is 0.588. The van der Waals surface area contributed by atoms with Gasteiger partial charge in [-0.1, -0.05) is 6.92 Å². The molecule has 1 aliphatic rings. The van der Waals surface area contributed by atoms with Gasteiger partial charge in [-0.15, -0.1) is 24.0 Å². The van der Waals surface area contributed by atoms with E-state index in [1.54, 1.807) is 0 Å². The van der Waals surface area contributed by atoms with Crippen molar-refractivity contribution in [1.82, 2.24) is 10.2 Å². The second-order valence-electron chi connectivity index (χ2n) is 5.95. The van der Waals surface area contributed by atoms with Crippen molar-refractivity contribution in [3.8, 4) is 5.75 Å². The Bertz CT molecular complexity index is 566. The van der Waals surface area contributed by atoms with E-state index in [0.29, 0.717) is 30.8 Å². The van der Waals surface area contributed by atoms with Gasteiger partial charge in [0.05, 0.1) is 18.7 Å². The number of likely N-dealkylation sites (N-methyl/N-ethyl adjacent to an activating group) is 1. The van der Waals surface area contributed by atoms with E-state index in [1.807, 2.05) is 0 Å². The van der Waals surface area contributed by atoms with E-state index in [9.17, 15) is 13.2 Å². The SMILES string of the molecule is CCN1CCCC1CN=C(N)NCCOc1ccc(C(F)(F)F)cc1.I. The van der Waals surface area contributed by atoms with Gasteiger partial charge in [0.15, 0.2) is 5.96 Å². The van der Waals surface area contributed by atoms with E-state index in [2.05, 4.69) is 22.1 Å². The summed E-state index contributed by atoms with van der Waals surface area (Å²) in [6, 6.07) is 5.06. The lowest BCUT2D eigenvalue weighted by molar-refractivity contribution is -0.137. The van der Waals surface area contributed by atoms with E-state index in [0.717, 1.165) is 31.6 Å². The molecule has 3 N–H and O–H groups in total. The summed E-state index contributed by atoms with van der Waals surface area (Å²) in [5.74, 6) is 0.744. The summed E-state index contributed by atoms with van der Waals surface area (Å²) in [7, 11) is 0. The summed E-state index contributed by atoms with van der Waals surface area (Å²) in [4.78, 5) is 6.74. The van der Waals surface area contributed by atoms with Crippen LogP contribution in [0.15, 0.2) is 29.3 Å². The molecule has 0 radical (unpaired) electrons. The third-order valence-corrected chi connectivity index (χ3v) is 4.24. The number of benzene rings is 1. The average molecular weight is 486 g/mol. The number of halogens is 4. The molecule has 1 heterocycles. The smallest absolute Gasteiger partial charge is 0.416 e. The molecule has 0 spiro atoms. The van der Waals surface area contributed by atoms with Crippen LogP contribution in [0.25, 0.3) is 0 Å². The molecule has 1 atom stereocenters. The number of ether oxygens (including phenoxy) is 1. The maximum Gasteiger partial charge on any atom is 0.416 e. The minimum Gasteiger partial charge on any atom is -0.492 e. The molecule has 5 nitrogen and oxygen atoms in total. The minimum atomic E-state index is -4.34. The molecule has 148 valence electrons. The maximum atomic E-state index is 12.5. The molecule has 1 saturated heterocycles. The van der Waals surface area contributed by atoms with Crippen LogP contribution >= 0.6 is 24.0 Å². The quantitative estimate of drug-likeness (QED) is 0.269. The zero-order valence-electron chi connectivity index (χ0n) is 14.8. The summed E-state index contributed by atoms with van der Waals surface area (Å²) in [5, 5.41) is 2.95. The van der Waals surface area contributed by atoms with Crippen LogP contribution in [0, 0.1) is 0 Å². The van der Waals surface area contributed by atoms with E-state index >= 15 is 0 Å². The van der Waals surface area contributed by atoms with E-state index in [-0.39, 0.29) is 30.6 Å². The minimum absolute atomic E-state index is 0. The third-order valence-electron chi connectivity index (χ3n) is 4.24. The van der Waals surface area contributed by atoms with Gasteiger partial charge < -0.3 is 15.8 Å². The topological polar surface area (TPSA) is 62.9 Å². The van der Waals surface area contributed by atoms with Crippen molar-refractivity contribution < 1.29 is 17.9 Å². The van der Waals surface area contributed by atoms with Crippen molar-refractivity contribution in [2.75, 3.05) is 32.8 Å². The van der Waals surface area contributed by atoms with Crippen LogP contribution in [0.4, 0.5) is 13.2 Å². The van der Waals surface area contributed by atoms with E-state index < -0.39 is 11.7 Å². The fourth-order valence-corrected chi connectivity index (χ4v) is 2.87. The number of hydrogen-bond acceptors (Lipinski definition) is 3. The van der Waals surface area contributed by atoms with Gasteiger partial charge >= 0.3 is 6.18 Å². The third kappa shape index (κ3) is 7.18. The lowest BCUT2D eigenvalue weighted by Crippen LogP contribution is -2.37. The molecule has 1 aliphatic heterocycles. The Kier molecular flexibility index (Phi) is 9.48. The van der Waals surface area contributed by atoms with Gasteiger partial charge in [0.1, 0.15) is 12.4 Å². The molecule has 26 heavy (non-hydrogen) atoms. The molecule has 0 saturated carbocycles. The number of alkyl halides is 3. The lowest BCUT2D eigenvalue weighted by atomic mass is 10.2. The van der Waals surface area contributed by atoms with Crippen LogP contribution in [0.1, 0.15) is 25.3 Å². The summed E-state index contributed by atoms with van der Waals surface area (Å²) in [5.41, 5.74) is 5.13. The van der Waals surface area contributed by atoms with E-state index in [4.69, 9.17) is 10.5 Å². The molecule has 2 rings (SSSR count). The highest BCUT2D eigenvalue weighted by molar-refractivity contribution is 14.0. The molecule has 0 bridgehead atoms. The molecule has 0 amide bonds. The highest BCUT2D eigenvalue weighted by Crippen LogP contribution is 2.30. The monoisotopic (exact) mass is 486 g/mol. The Morgan fingerprint density at radius 3 is 2.65 bits per heavy atom. The second-order valence-corrected chi connectivity index (χ2v) is 5.95. The normalized spacial score (nSPS) is 18.5. The Balaban J connectivity index is 0.00000338. The number of hydrogen-bond donors (Lipinski definition) is 2. The first kappa shape index (κ1) is 22.8. The molecular formula is C17H26F3IN4O. The number of rotatable bonds is 7. The Morgan fingerprint density at radius 1 is 1.35 bits per heavy atom. The summed E-state index contributed by atoms with van der Waals surface area (Å²) >= 11 is 0. The maximum absolute atomic E-state index is 12.5. The fourth-order valence-electron chi connectivity index (χ4n) is 2.87. The summed E-state index contributed by atoms with van der Waals surface area (Å²) in [6.45, 7) is 5.67. The highest BCUT2D eigenvalue weighted by atomic mass is 127. The number of nitrogens with zero attached hydrogens (tertiary/aromatic N) is 2. The van der Waals surface area contributed by atoms with Crippen molar-refractivity contribution in [1.29, 1.82) is 0 Å². The van der Waals surface area contributed by atoms with Gasteiger partial charge in [0.2, 0.25) is 0 Å². The van der Waals surface area contributed by atoms with Crippen LogP contribution in [0.3, 0.4) is 0 Å². The van der Waals surface area contributed by atoms with E-state index in [1.165, 1.54) is 18.6 Å². The van der Waals surface area contributed by atoms with Gasteiger partial charge in [0, 0.05) is 6.04 Å². The number of guanidine groups is 1. The van der Waals surface area contributed by atoms with Gasteiger partial charge in [-0.25, -0.2) is 0 Å². The zero-order valence-corrected chi connectivity index (χ0v) is 17.1. The van der Waals surface area contributed by atoms with Crippen LogP contribution in [-0.4, -0.2) is 49.7 Å². The molecule has 1 aromatic carbocycles. The van der Waals surface area contributed by atoms with Gasteiger partial charge in [-0.05, 0) is 50.2 Å². The first-order chi connectivity index (χ1) is 11.9. The summed E-state index contributed by atoms with van der Waals surface area (Å²) < 4.78 is 42.8. The molecule has 1 fully saturated rings. The van der Waals surface area contributed by atoms with Crippen LogP contribution < -0.4 is 15.8 Å². The highest BCUT2D eigenvalue weighted by Gasteiger charge is 2.30. The molecule has 1 unspecified atom stereocenters. The molecule has 0 aromatic heterocycles. The first-order valence-corrected chi connectivity index (χ1v) is 8.48. The lowest BCUT2D eigenvalue weighted by Gasteiger charge is -2.20. The van der Waals surface area contributed by atoms with Crippen LogP contribution in [-0.2, 0) is 6.18 Å². The van der Waals surface area contributed by atoms with Crippen molar-refractivity contribution in [3.63, 3.8) is 0 Å². The largest absolute Gasteiger partial charge is 0.492 e. The van der Waals surface area contributed by atoms with Crippen molar-refractivity contribution >= 4 is 29.9 Å². The van der Waals surface area contributed by atoms with Gasteiger partial charge in [-0.2, -0.15) is 13.2 Å². The predicted octanol–water partition coefficient (Wildman–Crippen LogP) is 3.09. The molecular weight excluding hydrogens is 460 g/mol. The molecule has 1 aromatic rings. The van der Waals surface area contributed by atoms with Crippen molar-refractivity contribution in [3.05, 3.63) is 29.8 Å². The first-order valence-electron chi connectivity index (χ1n) is 8.48. The van der Waals surface area contributed by atoms with Crippen molar-refractivity contribution in [2.45, 2.75) is 32.0 Å². The van der Waals surface area contributed by atoms with Crippen molar-refractivity contribution in [2.24, 2.45) is 10.7 Å². The zero-order chi connectivity index (χ0) is 18.3. The average Bonchev–Trinajstić information content (AvgIpc) is 3.04. The predicted molar refractivity (Wildman–Crippen MR) is 107 cm³/mol. The molecule has 0 aliphatic carbocycles. The number of nitrogens with two attached hydrogens (primary N) is 1. The Morgan fingerprint density at radius 2 is 2.04 bits per heavy atom. The van der Waals surface area contributed by atoms with Gasteiger partial charge in [-0.3, -0.25) is 9.89 Å². The molecule has 9 heteroatoms. The van der Waals surface area contributed by atoms with Crippen LogP contribution in [0.5, 0.6) is 5.75 Å². The van der Waals surface area contributed by atoms with Crippen LogP contribution in [0.2, 0.25) is 0 Å². The Hall–Kier alpha value is -1.23. The number of aliphatic imine (C=N–C) groups is 1. The number of likely N-dealkylation sites (tertiary alicyclic amines) is 1. The standard InChI is InChI=1S/C17H25F3N4O.HI/c1-2-24-10-3-4-14(24)12-23-16(21)22-9-11-25-15-7-5-13(6-8-15)17(18,19)20;/h5-8,14H,2-4,9-12H2,1H3,(H3,21,22,23);1H. The Labute approximate surface area is 169 Å². The second kappa shape index (κ2) is 10.8. The number of nitrogens with one attached hydrogen (secondary N) is 1.